The predicted octanol–water partition coefficient (Wildman–Crippen LogP) is 3.18. The standard InChI is InChI=1S/C18H19N3O2S/c1-4-5-12-15(10(2)3)19-17(22)21(12)18-20-16-11-8-9-23-13(11)6-7-14(16)24-18/h6-7,10,12,15H,8-9H2,1-3H3,(H,19,22)/t12-,15+/m1/s1. The van der Waals surface area contributed by atoms with Crippen molar-refractivity contribution in [1.82, 2.24) is 10.3 Å². The Morgan fingerprint density at radius 1 is 1.46 bits per heavy atom. The van der Waals surface area contributed by atoms with Gasteiger partial charge in [-0.15, -0.1) is 5.92 Å². The fourth-order valence-corrected chi connectivity index (χ4v) is 4.41. The molecule has 6 heteroatoms. The zero-order valence-corrected chi connectivity index (χ0v) is 14.7. The van der Waals surface area contributed by atoms with Crippen LogP contribution in [0.1, 0.15) is 26.3 Å². The van der Waals surface area contributed by atoms with E-state index in [0.717, 1.165) is 28.0 Å². The smallest absolute Gasteiger partial charge is 0.325 e. The van der Waals surface area contributed by atoms with Gasteiger partial charge < -0.3 is 10.1 Å². The van der Waals surface area contributed by atoms with Crippen LogP contribution in [-0.4, -0.2) is 29.7 Å². The zero-order valence-electron chi connectivity index (χ0n) is 13.9. The summed E-state index contributed by atoms with van der Waals surface area (Å²) >= 11 is 1.54. The van der Waals surface area contributed by atoms with E-state index < -0.39 is 0 Å². The van der Waals surface area contributed by atoms with Gasteiger partial charge in [0.05, 0.1) is 22.9 Å². The highest BCUT2D eigenvalue weighted by Crippen LogP contribution is 2.39. The molecule has 3 heterocycles. The van der Waals surface area contributed by atoms with Crippen molar-refractivity contribution in [3.63, 3.8) is 0 Å². The monoisotopic (exact) mass is 341 g/mol. The number of rotatable bonds is 2. The number of thiazole rings is 1. The Bertz CT molecular complexity index is 877. The number of carbonyl (C=O) groups excluding carboxylic acids is 1. The number of amides is 2. The SMILES string of the molecule is CC#C[C@@H]1[C@H](C(C)C)NC(=O)N1c1nc2c3c(ccc2s1)OCC3. The third kappa shape index (κ3) is 2.23. The van der Waals surface area contributed by atoms with Crippen molar-refractivity contribution in [2.75, 3.05) is 11.5 Å². The summed E-state index contributed by atoms with van der Waals surface area (Å²) in [5.74, 6) is 7.36. The van der Waals surface area contributed by atoms with Gasteiger partial charge >= 0.3 is 6.03 Å². The first-order chi connectivity index (χ1) is 11.6. The van der Waals surface area contributed by atoms with Crippen LogP contribution >= 0.6 is 11.3 Å². The summed E-state index contributed by atoms with van der Waals surface area (Å²) in [6.45, 7) is 6.70. The minimum absolute atomic E-state index is 0.00557. The van der Waals surface area contributed by atoms with E-state index in [1.807, 2.05) is 12.1 Å². The molecule has 1 N–H and O–H groups in total. The summed E-state index contributed by atoms with van der Waals surface area (Å²) in [5.41, 5.74) is 2.10. The Hall–Kier alpha value is -2.26. The van der Waals surface area contributed by atoms with Crippen molar-refractivity contribution in [1.29, 1.82) is 0 Å². The lowest BCUT2D eigenvalue weighted by molar-refractivity contribution is 0.249. The van der Waals surface area contributed by atoms with Crippen LogP contribution in [0.25, 0.3) is 10.2 Å². The number of carbonyl (C=O) groups is 1. The van der Waals surface area contributed by atoms with Gasteiger partial charge in [0.1, 0.15) is 11.8 Å². The van der Waals surface area contributed by atoms with Gasteiger partial charge in [0.15, 0.2) is 5.13 Å². The van der Waals surface area contributed by atoms with E-state index in [-0.39, 0.29) is 18.1 Å². The van der Waals surface area contributed by atoms with Crippen LogP contribution in [0.3, 0.4) is 0 Å². The summed E-state index contributed by atoms with van der Waals surface area (Å²) in [4.78, 5) is 19.1. The topological polar surface area (TPSA) is 54.5 Å². The fraction of sp³-hybridized carbons (Fsp3) is 0.444. The van der Waals surface area contributed by atoms with Gasteiger partial charge in [0, 0.05) is 12.0 Å². The molecule has 5 nitrogen and oxygen atoms in total. The van der Waals surface area contributed by atoms with Crippen LogP contribution in [0.15, 0.2) is 12.1 Å². The fourth-order valence-electron chi connectivity index (χ4n) is 3.38. The number of nitrogens with one attached hydrogen (secondary N) is 1. The Balaban J connectivity index is 1.80. The van der Waals surface area contributed by atoms with Gasteiger partial charge in [-0.05, 0) is 25.0 Å². The molecule has 1 fully saturated rings. The van der Waals surface area contributed by atoms with Gasteiger partial charge in [-0.1, -0.05) is 31.1 Å². The van der Waals surface area contributed by atoms with Gasteiger partial charge in [-0.3, -0.25) is 4.90 Å². The second kappa shape index (κ2) is 5.67. The quantitative estimate of drug-likeness (QED) is 0.854. The first-order valence-corrected chi connectivity index (χ1v) is 8.99. The average Bonchev–Trinajstić information content (AvgIpc) is 3.22. The van der Waals surface area contributed by atoms with Crippen LogP contribution < -0.4 is 15.0 Å². The third-order valence-electron chi connectivity index (χ3n) is 4.56. The van der Waals surface area contributed by atoms with E-state index >= 15 is 0 Å². The molecule has 0 saturated carbocycles. The number of nitrogens with zero attached hydrogens (tertiary/aromatic N) is 2. The van der Waals surface area contributed by atoms with Crippen molar-refractivity contribution in [3.05, 3.63) is 17.7 Å². The first kappa shape index (κ1) is 15.3. The molecule has 1 saturated heterocycles. The van der Waals surface area contributed by atoms with E-state index in [0.29, 0.717) is 17.7 Å². The Morgan fingerprint density at radius 2 is 2.29 bits per heavy atom. The highest BCUT2D eigenvalue weighted by atomic mass is 32.1. The highest BCUT2D eigenvalue weighted by molar-refractivity contribution is 7.22. The normalized spacial score (nSPS) is 22.3. The Morgan fingerprint density at radius 3 is 3.04 bits per heavy atom. The lowest BCUT2D eigenvalue weighted by atomic mass is 9.98. The van der Waals surface area contributed by atoms with Crippen molar-refractivity contribution in [2.45, 2.75) is 39.3 Å². The second-order valence-corrected chi connectivity index (χ2v) is 7.42. The summed E-state index contributed by atoms with van der Waals surface area (Å²) in [5, 5.41) is 3.77. The summed E-state index contributed by atoms with van der Waals surface area (Å²) in [7, 11) is 0. The van der Waals surface area contributed by atoms with Crippen LogP contribution in [0.4, 0.5) is 9.93 Å². The molecule has 2 aliphatic heterocycles. The van der Waals surface area contributed by atoms with Crippen LogP contribution in [0.2, 0.25) is 0 Å². The molecule has 124 valence electrons. The Labute approximate surface area is 145 Å². The van der Waals surface area contributed by atoms with Gasteiger partial charge in [0.25, 0.3) is 0 Å². The summed E-state index contributed by atoms with van der Waals surface area (Å²) in [6.07, 6.45) is 0.870. The third-order valence-corrected chi connectivity index (χ3v) is 5.58. The molecule has 1 aromatic carbocycles. The molecule has 0 bridgehead atoms. The van der Waals surface area contributed by atoms with Crippen molar-refractivity contribution in [2.24, 2.45) is 5.92 Å². The lowest BCUT2D eigenvalue weighted by Gasteiger charge is -2.21. The number of ether oxygens (including phenoxy) is 1. The number of urea groups is 1. The van der Waals surface area contributed by atoms with Gasteiger partial charge in [0.2, 0.25) is 0 Å². The van der Waals surface area contributed by atoms with E-state index in [1.165, 1.54) is 11.3 Å². The minimum atomic E-state index is -0.188. The minimum Gasteiger partial charge on any atom is -0.493 e. The number of fused-ring (bicyclic) bond motifs is 3. The maximum atomic E-state index is 12.6. The molecular formula is C18H19N3O2S. The van der Waals surface area contributed by atoms with Crippen molar-refractivity contribution < 1.29 is 9.53 Å². The van der Waals surface area contributed by atoms with E-state index in [1.54, 1.807) is 11.8 Å². The molecule has 2 aromatic rings. The van der Waals surface area contributed by atoms with Crippen LogP contribution in [-0.2, 0) is 6.42 Å². The molecule has 0 radical (unpaired) electrons. The van der Waals surface area contributed by atoms with Crippen molar-refractivity contribution >= 4 is 32.7 Å². The number of hydrogen-bond acceptors (Lipinski definition) is 4. The van der Waals surface area contributed by atoms with E-state index in [2.05, 4.69) is 31.0 Å². The molecule has 2 aliphatic rings. The molecule has 2 amide bonds. The average molecular weight is 341 g/mol. The predicted molar refractivity (Wildman–Crippen MR) is 95.7 cm³/mol. The maximum absolute atomic E-state index is 12.6. The molecule has 4 rings (SSSR count). The van der Waals surface area contributed by atoms with Crippen molar-refractivity contribution in [3.8, 4) is 17.6 Å². The molecule has 0 aliphatic carbocycles. The number of aromatic nitrogens is 1. The number of hydrogen-bond donors (Lipinski definition) is 1. The molecule has 0 unspecified atom stereocenters. The maximum Gasteiger partial charge on any atom is 0.325 e. The van der Waals surface area contributed by atoms with E-state index in [4.69, 9.17) is 9.72 Å². The van der Waals surface area contributed by atoms with Gasteiger partial charge in [-0.25, -0.2) is 9.78 Å². The molecule has 0 spiro atoms. The second-order valence-electron chi connectivity index (χ2n) is 6.41. The molecular weight excluding hydrogens is 322 g/mol. The van der Waals surface area contributed by atoms with Crippen LogP contribution in [0.5, 0.6) is 5.75 Å². The number of anilines is 1. The van der Waals surface area contributed by atoms with Gasteiger partial charge in [-0.2, -0.15) is 0 Å². The molecule has 1 aromatic heterocycles. The molecule has 24 heavy (non-hydrogen) atoms. The first-order valence-electron chi connectivity index (χ1n) is 8.17. The van der Waals surface area contributed by atoms with E-state index in [9.17, 15) is 4.79 Å². The summed E-state index contributed by atoms with van der Waals surface area (Å²) in [6, 6.07) is 3.72. The largest absolute Gasteiger partial charge is 0.493 e. The number of benzene rings is 1. The highest BCUT2D eigenvalue weighted by Gasteiger charge is 2.42. The Kier molecular flexibility index (Phi) is 3.61. The van der Waals surface area contributed by atoms with Crippen LogP contribution in [0, 0.1) is 17.8 Å². The summed E-state index contributed by atoms with van der Waals surface area (Å²) < 4.78 is 6.70. The lowest BCUT2D eigenvalue weighted by Crippen LogP contribution is -2.38. The molecule has 2 atom stereocenters. The zero-order chi connectivity index (χ0) is 16.8.